The zero-order valence-electron chi connectivity index (χ0n) is 24.4. The predicted octanol–water partition coefficient (Wildman–Crippen LogP) is 4.39. The van der Waals surface area contributed by atoms with Crippen LogP contribution in [0.3, 0.4) is 0 Å². The van der Waals surface area contributed by atoms with E-state index in [9.17, 15) is 9.90 Å². The summed E-state index contributed by atoms with van der Waals surface area (Å²) in [6, 6.07) is 14.8. The van der Waals surface area contributed by atoms with Gasteiger partial charge in [0.2, 0.25) is 0 Å². The van der Waals surface area contributed by atoms with Gasteiger partial charge in [0.15, 0.2) is 5.82 Å². The van der Waals surface area contributed by atoms with Crippen LogP contribution in [0.5, 0.6) is 0 Å². The average Bonchev–Trinajstić information content (AvgIpc) is 3.55. The summed E-state index contributed by atoms with van der Waals surface area (Å²) >= 11 is 0. The third-order valence-corrected chi connectivity index (χ3v) is 9.43. The van der Waals surface area contributed by atoms with E-state index in [2.05, 4.69) is 37.9 Å². The number of aromatic nitrogens is 4. The summed E-state index contributed by atoms with van der Waals surface area (Å²) in [5.41, 5.74) is 3.59. The number of piperidine rings is 3. The number of carbonyl (C=O) groups excluding carboxylic acids is 1. The van der Waals surface area contributed by atoms with Crippen LogP contribution in [-0.2, 0) is 5.41 Å². The first kappa shape index (κ1) is 27.5. The van der Waals surface area contributed by atoms with Crippen LogP contribution in [0.2, 0.25) is 0 Å². The summed E-state index contributed by atoms with van der Waals surface area (Å²) in [4.78, 5) is 29.4. The first-order chi connectivity index (χ1) is 20.9. The Morgan fingerprint density at radius 2 is 1.81 bits per heavy atom. The molecule has 11 heteroatoms. The van der Waals surface area contributed by atoms with Crippen LogP contribution >= 0.6 is 0 Å². The smallest absolute Gasteiger partial charge is 0.261 e. The molecule has 0 radical (unpaired) electrons. The number of nitrogens with zero attached hydrogens (tertiary/aromatic N) is 5. The van der Waals surface area contributed by atoms with Gasteiger partial charge in [-0.05, 0) is 63.5 Å². The van der Waals surface area contributed by atoms with Gasteiger partial charge in [0.25, 0.3) is 11.8 Å². The van der Waals surface area contributed by atoms with Crippen molar-refractivity contribution in [2.75, 3.05) is 36.9 Å². The fourth-order valence-electron chi connectivity index (χ4n) is 6.49. The summed E-state index contributed by atoms with van der Waals surface area (Å²) in [6.45, 7) is 7.11. The van der Waals surface area contributed by atoms with Crippen molar-refractivity contribution in [1.82, 2.24) is 30.3 Å². The number of hydrogen-bond acceptors (Lipinski definition) is 10. The molecule has 3 fully saturated rings. The van der Waals surface area contributed by atoms with E-state index in [0.29, 0.717) is 34.3 Å². The van der Waals surface area contributed by atoms with Gasteiger partial charge in [0, 0.05) is 29.6 Å². The van der Waals surface area contributed by atoms with E-state index in [1.165, 1.54) is 0 Å². The lowest BCUT2D eigenvalue weighted by atomic mass is 9.71. The molecule has 2 bridgehead atoms. The lowest BCUT2D eigenvalue weighted by Gasteiger charge is -2.46. The van der Waals surface area contributed by atoms with E-state index < -0.39 is 0 Å². The second-order valence-electron chi connectivity index (χ2n) is 12.0. The van der Waals surface area contributed by atoms with Crippen molar-refractivity contribution in [2.45, 2.75) is 56.5 Å². The number of amides is 1. The molecule has 3 saturated heterocycles. The summed E-state index contributed by atoms with van der Waals surface area (Å²) in [7, 11) is 0. The van der Waals surface area contributed by atoms with E-state index in [-0.39, 0.29) is 35.9 Å². The summed E-state index contributed by atoms with van der Waals surface area (Å²) in [5.74, 6) is 2.25. The molecule has 0 aliphatic carbocycles. The van der Waals surface area contributed by atoms with Crippen LogP contribution in [0.4, 0.5) is 17.3 Å². The zero-order chi connectivity index (χ0) is 29.6. The average molecular weight is 581 g/mol. The highest BCUT2D eigenvalue weighted by Crippen LogP contribution is 2.42. The number of hydrogen-bond donors (Lipinski definition) is 4. The molecule has 1 amide bonds. The number of rotatable bonds is 8. The second kappa shape index (κ2) is 11.1. The minimum absolute atomic E-state index is 0.00985. The fourth-order valence-corrected chi connectivity index (χ4v) is 6.49. The Bertz CT molecular complexity index is 1620. The Morgan fingerprint density at radius 1 is 1.05 bits per heavy atom. The van der Waals surface area contributed by atoms with Crippen molar-refractivity contribution in [1.29, 1.82) is 0 Å². The molecule has 4 N–H and O–H groups in total. The minimum Gasteiger partial charge on any atom is -0.394 e. The number of benzene rings is 1. The molecule has 3 aromatic heterocycles. The van der Waals surface area contributed by atoms with Gasteiger partial charge in [-0.25, -0.2) is 9.97 Å². The van der Waals surface area contributed by atoms with E-state index in [1.54, 1.807) is 18.3 Å². The van der Waals surface area contributed by atoms with Crippen molar-refractivity contribution >= 4 is 23.2 Å². The highest BCUT2D eigenvalue weighted by molar-refractivity contribution is 5.97. The predicted molar refractivity (Wildman–Crippen MR) is 162 cm³/mol. The van der Waals surface area contributed by atoms with Crippen LogP contribution < -0.4 is 16.0 Å². The Morgan fingerprint density at radius 3 is 2.56 bits per heavy atom. The van der Waals surface area contributed by atoms with Gasteiger partial charge in [-0.15, -0.1) is 0 Å². The number of anilines is 3. The molecule has 43 heavy (non-hydrogen) atoms. The molecule has 4 aliphatic heterocycles. The summed E-state index contributed by atoms with van der Waals surface area (Å²) in [5, 5.41) is 24.6. The molecule has 11 nitrogen and oxygen atoms in total. The zero-order valence-corrected chi connectivity index (χ0v) is 24.4. The topological polar surface area (TPSA) is 141 Å². The molecule has 3 atom stereocenters. The third kappa shape index (κ3) is 5.12. The highest BCUT2D eigenvalue weighted by Gasteiger charge is 2.44. The maximum atomic E-state index is 12.5. The van der Waals surface area contributed by atoms with Crippen LogP contribution in [0.25, 0.3) is 11.5 Å². The van der Waals surface area contributed by atoms with Gasteiger partial charge in [-0.3, -0.25) is 4.79 Å². The van der Waals surface area contributed by atoms with Gasteiger partial charge in [-0.2, -0.15) is 4.98 Å². The standard InChI is InChI=1S/C32H36N8O3/c1-19-20(2)34-29(42)22-8-9-26(37-28(19)22)36-27-16-24(35-25(18-41)21-6-4-3-5-7-21)23(17-33-27)30-38-31(39-43-30)32-10-13-40(14-11-32)15-12-32/h3-9,16-17,19-20,25,41H,10-15,18H2,1-2H3,(H,34,42)(H2,33,35,36,37)/t19?,20?,25-/m1/s1. The van der Waals surface area contributed by atoms with Crippen molar-refractivity contribution in [3.63, 3.8) is 0 Å². The molecular weight excluding hydrogens is 544 g/mol. The van der Waals surface area contributed by atoms with Crippen molar-refractivity contribution in [3.8, 4) is 11.5 Å². The lowest BCUT2D eigenvalue weighted by molar-refractivity contribution is 0.0747. The quantitative estimate of drug-likeness (QED) is 0.237. The van der Waals surface area contributed by atoms with E-state index in [4.69, 9.17) is 14.5 Å². The summed E-state index contributed by atoms with van der Waals surface area (Å²) in [6.07, 6.45) is 4.81. The lowest BCUT2D eigenvalue weighted by Crippen LogP contribution is -2.51. The van der Waals surface area contributed by atoms with Crippen LogP contribution in [0.15, 0.2) is 59.3 Å². The molecule has 2 unspecified atom stereocenters. The molecule has 222 valence electrons. The molecule has 8 rings (SSSR count). The SMILES string of the molecule is CC1NC(=O)c2ccc(Nc3cc(N[C@H](CO)c4ccccc4)c(-c4nc(C56CCN(CC5)CC6)no4)cn3)nc2C1C. The highest BCUT2D eigenvalue weighted by atomic mass is 16.5. The van der Waals surface area contributed by atoms with Gasteiger partial charge in [0.1, 0.15) is 11.6 Å². The Kier molecular flexibility index (Phi) is 7.06. The van der Waals surface area contributed by atoms with Crippen molar-refractivity contribution < 1.29 is 14.4 Å². The fraction of sp³-hybridized carbons (Fsp3) is 0.406. The second-order valence-corrected chi connectivity index (χ2v) is 12.0. The Hall–Kier alpha value is -4.35. The maximum Gasteiger partial charge on any atom is 0.261 e. The number of carbonyl (C=O) groups is 1. The molecular formula is C32H36N8O3. The van der Waals surface area contributed by atoms with E-state index in [0.717, 1.165) is 56.0 Å². The van der Waals surface area contributed by atoms with Crippen molar-refractivity contribution in [2.24, 2.45) is 0 Å². The van der Waals surface area contributed by atoms with E-state index >= 15 is 0 Å². The van der Waals surface area contributed by atoms with Gasteiger partial charge >= 0.3 is 0 Å². The third-order valence-electron chi connectivity index (χ3n) is 9.43. The Labute approximate surface area is 250 Å². The monoisotopic (exact) mass is 580 g/mol. The van der Waals surface area contributed by atoms with Crippen LogP contribution in [0, 0.1) is 0 Å². The Balaban J connectivity index is 1.23. The molecule has 0 spiro atoms. The first-order valence-corrected chi connectivity index (χ1v) is 15.0. The molecule has 4 aromatic rings. The number of aliphatic hydroxyl groups excluding tert-OH is 1. The molecule has 4 aliphatic rings. The normalized spacial score (nSPS) is 25.1. The van der Waals surface area contributed by atoms with Crippen molar-refractivity contribution in [3.05, 3.63) is 77.4 Å². The number of pyridine rings is 2. The molecule has 7 heterocycles. The largest absolute Gasteiger partial charge is 0.394 e. The van der Waals surface area contributed by atoms with Crippen LogP contribution in [-0.4, -0.2) is 68.3 Å². The minimum atomic E-state index is -0.374. The molecule has 1 aromatic carbocycles. The number of aliphatic hydroxyl groups is 1. The van der Waals surface area contributed by atoms with Gasteiger partial charge in [0.05, 0.1) is 35.2 Å². The number of fused-ring (bicyclic) bond motifs is 4. The first-order valence-electron chi connectivity index (χ1n) is 15.0. The van der Waals surface area contributed by atoms with E-state index in [1.807, 2.05) is 43.3 Å². The number of nitrogens with one attached hydrogen (secondary N) is 3. The van der Waals surface area contributed by atoms with Gasteiger partial charge < -0.3 is 30.5 Å². The maximum absolute atomic E-state index is 12.5. The van der Waals surface area contributed by atoms with Crippen LogP contribution in [0.1, 0.15) is 72.5 Å². The van der Waals surface area contributed by atoms with Gasteiger partial charge in [-0.1, -0.05) is 42.4 Å². The molecule has 0 saturated carbocycles. The summed E-state index contributed by atoms with van der Waals surface area (Å²) < 4.78 is 5.87.